The van der Waals surface area contributed by atoms with Gasteiger partial charge >= 0.3 is 5.97 Å². The standard InChI is InChI=1S/C23H31N5O4/c1-16-12-28(13-17(2)31-16)23(24)19-5-3-18(4-6-19)21-11-20(32-25-21)14-26-7-9-27(10-8-26)15-22(29)30/h3-6,11,16-17,24H,7-10,12-15H2,1-2H3,(H,29,30). The number of carboxylic acid groups (broad SMARTS) is 1. The Kier molecular flexibility index (Phi) is 6.88. The van der Waals surface area contributed by atoms with Crippen LogP contribution < -0.4 is 0 Å². The first-order chi connectivity index (χ1) is 15.4. The highest BCUT2D eigenvalue weighted by atomic mass is 16.5. The van der Waals surface area contributed by atoms with Crippen LogP contribution in [0, 0.1) is 5.41 Å². The molecule has 2 aliphatic rings. The minimum Gasteiger partial charge on any atom is -0.480 e. The van der Waals surface area contributed by atoms with Crippen LogP contribution in [0.1, 0.15) is 25.2 Å². The lowest BCUT2D eigenvalue weighted by molar-refractivity contribution is -0.138. The third-order valence-electron chi connectivity index (χ3n) is 5.95. The number of hydrogen-bond donors (Lipinski definition) is 2. The fourth-order valence-corrected chi connectivity index (χ4v) is 4.38. The average molecular weight is 442 g/mol. The highest BCUT2D eigenvalue weighted by molar-refractivity contribution is 5.96. The molecular weight excluding hydrogens is 410 g/mol. The monoisotopic (exact) mass is 441 g/mol. The van der Waals surface area contributed by atoms with Gasteiger partial charge < -0.3 is 19.3 Å². The summed E-state index contributed by atoms with van der Waals surface area (Å²) in [6.45, 7) is 9.36. The van der Waals surface area contributed by atoms with E-state index in [-0.39, 0.29) is 18.8 Å². The largest absolute Gasteiger partial charge is 0.480 e. The normalized spacial score (nSPS) is 22.8. The maximum Gasteiger partial charge on any atom is 0.317 e. The Morgan fingerprint density at radius 1 is 1.09 bits per heavy atom. The fraction of sp³-hybridized carbons (Fsp3) is 0.522. The van der Waals surface area contributed by atoms with Crippen LogP contribution in [0.3, 0.4) is 0 Å². The van der Waals surface area contributed by atoms with Crippen molar-refractivity contribution in [2.24, 2.45) is 0 Å². The molecule has 172 valence electrons. The van der Waals surface area contributed by atoms with Crippen LogP contribution in [-0.4, -0.2) is 94.8 Å². The zero-order valence-electron chi connectivity index (χ0n) is 18.7. The van der Waals surface area contributed by atoms with Gasteiger partial charge in [0.15, 0.2) is 5.76 Å². The molecule has 2 atom stereocenters. The first-order valence-electron chi connectivity index (χ1n) is 11.1. The van der Waals surface area contributed by atoms with E-state index in [0.29, 0.717) is 12.4 Å². The van der Waals surface area contributed by atoms with Gasteiger partial charge in [-0.25, -0.2) is 0 Å². The molecular formula is C23H31N5O4. The van der Waals surface area contributed by atoms with Crippen LogP contribution in [-0.2, 0) is 16.1 Å². The molecule has 2 saturated heterocycles. The number of rotatable bonds is 6. The molecule has 2 aliphatic heterocycles. The Morgan fingerprint density at radius 2 is 1.72 bits per heavy atom. The number of carboxylic acids is 1. The third kappa shape index (κ3) is 5.53. The molecule has 4 rings (SSSR count). The number of nitrogens with one attached hydrogen (secondary N) is 1. The predicted molar refractivity (Wildman–Crippen MR) is 120 cm³/mol. The van der Waals surface area contributed by atoms with Gasteiger partial charge in [0.25, 0.3) is 0 Å². The first-order valence-corrected chi connectivity index (χ1v) is 11.1. The van der Waals surface area contributed by atoms with Gasteiger partial charge in [-0.1, -0.05) is 29.4 Å². The summed E-state index contributed by atoms with van der Waals surface area (Å²) >= 11 is 0. The lowest BCUT2D eigenvalue weighted by atomic mass is 10.1. The molecule has 3 heterocycles. The first kappa shape index (κ1) is 22.4. The number of ether oxygens (including phenoxy) is 1. The topological polar surface area (TPSA) is 106 Å². The number of aliphatic carboxylic acids is 1. The number of nitrogens with zero attached hydrogens (tertiary/aromatic N) is 4. The van der Waals surface area contributed by atoms with E-state index in [1.54, 1.807) is 0 Å². The Hall–Kier alpha value is -2.75. The maximum absolute atomic E-state index is 10.8. The molecule has 0 bridgehead atoms. The molecule has 1 aromatic heterocycles. The van der Waals surface area contributed by atoms with Gasteiger partial charge in [-0.05, 0) is 13.8 Å². The molecule has 1 aromatic carbocycles. The summed E-state index contributed by atoms with van der Waals surface area (Å²) in [4.78, 5) is 17.1. The zero-order chi connectivity index (χ0) is 22.7. The summed E-state index contributed by atoms with van der Waals surface area (Å²) in [5.74, 6) is 0.523. The van der Waals surface area contributed by atoms with Gasteiger partial charge in [0.2, 0.25) is 0 Å². The van der Waals surface area contributed by atoms with Crippen molar-refractivity contribution < 1.29 is 19.2 Å². The molecule has 0 radical (unpaired) electrons. The second-order valence-electron chi connectivity index (χ2n) is 8.71. The highest BCUT2D eigenvalue weighted by Crippen LogP contribution is 2.22. The van der Waals surface area contributed by atoms with E-state index >= 15 is 0 Å². The number of benzene rings is 1. The molecule has 32 heavy (non-hydrogen) atoms. The highest BCUT2D eigenvalue weighted by Gasteiger charge is 2.25. The number of amidine groups is 1. The number of aromatic nitrogens is 1. The molecule has 0 amide bonds. The second-order valence-corrected chi connectivity index (χ2v) is 8.71. The second kappa shape index (κ2) is 9.81. The summed E-state index contributed by atoms with van der Waals surface area (Å²) in [6, 6.07) is 9.82. The van der Waals surface area contributed by atoms with Gasteiger partial charge in [-0.2, -0.15) is 0 Å². The van der Waals surface area contributed by atoms with Crippen molar-refractivity contribution in [2.45, 2.75) is 32.6 Å². The quantitative estimate of drug-likeness (QED) is 0.518. The molecule has 0 aliphatic carbocycles. The summed E-state index contributed by atoms with van der Waals surface area (Å²) < 4.78 is 11.3. The van der Waals surface area contributed by atoms with Crippen molar-refractivity contribution in [1.29, 1.82) is 5.41 Å². The van der Waals surface area contributed by atoms with Crippen molar-refractivity contribution >= 4 is 11.8 Å². The minimum absolute atomic E-state index is 0.0946. The molecule has 0 spiro atoms. The van der Waals surface area contributed by atoms with E-state index in [1.165, 1.54) is 0 Å². The van der Waals surface area contributed by atoms with Gasteiger partial charge in [-0.15, -0.1) is 0 Å². The van der Waals surface area contributed by atoms with E-state index in [1.807, 2.05) is 49.1 Å². The van der Waals surface area contributed by atoms with E-state index in [0.717, 1.165) is 61.8 Å². The summed E-state index contributed by atoms with van der Waals surface area (Å²) in [7, 11) is 0. The molecule has 2 aromatic rings. The van der Waals surface area contributed by atoms with Crippen LogP contribution in [0.4, 0.5) is 0 Å². The molecule has 9 heteroatoms. The molecule has 9 nitrogen and oxygen atoms in total. The fourth-order valence-electron chi connectivity index (χ4n) is 4.38. The van der Waals surface area contributed by atoms with Gasteiger partial charge in [-0.3, -0.25) is 20.0 Å². The molecule has 0 saturated carbocycles. The van der Waals surface area contributed by atoms with Crippen LogP contribution in [0.2, 0.25) is 0 Å². The number of carbonyl (C=O) groups is 1. The van der Waals surface area contributed by atoms with Gasteiger partial charge in [0.05, 0.1) is 25.3 Å². The van der Waals surface area contributed by atoms with Crippen LogP contribution in [0.25, 0.3) is 11.3 Å². The van der Waals surface area contributed by atoms with Crippen molar-refractivity contribution in [3.8, 4) is 11.3 Å². The summed E-state index contributed by atoms with van der Waals surface area (Å²) in [5.41, 5.74) is 2.60. The predicted octanol–water partition coefficient (Wildman–Crippen LogP) is 1.98. The van der Waals surface area contributed by atoms with E-state index < -0.39 is 5.97 Å². The lowest BCUT2D eigenvalue weighted by Gasteiger charge is -2.36. The maximum atomic E-state index is 10.8. The van der Waals surface area contributed by atoms with E-state index in [9.17, 15) is 4.79 Å². The van der Waals surface area contributed by atoms with E-state index in [4.69, 9.17) is 19.8 Å². The van der Waals surface area contributed by atoms with Crippen molar-refractivity contribution in [3.05, 3.63) is 41.7 Å². The van der Waals surface area contributed by atoms with Crippen LogP contribution in [0.15, 0.2) is 34.9 Å². The summed E-state index contributed by atoms with van der Waals surface area (Å²) in [6.07, 6.45) is 0.235. The van der Waals surface area contributed by atoms with Crippen LogP contribution >= 0.6 is 0 Å². The molecule has 2 fully saturated rings. The van der Waals surface area contributed by atoms with Crippen molar-refractivity contribution in [1.82, 2.24) is 19.9 Å². The lowest BCUT2D eigenvalue weighted by Crippen LogP contribution is -2.48. The third-order valence-corrected chi connectivity index (χ3v) is 5.95. The Balaban J connectivity index is 1.33. The van der Waals surface area contributed by atoms with Gasteiger partial charge in [0, 0.05) is 56.5 Å². The number of hydrogen-bond acceptors (Lipinski definition) is 7. The Morgan fingerprint density at radius 3 is 2.34 bits per heavy atom. The SMILES string of the molecule is CC1CN(C(=N)c2ccc(-c3cc(CN4CCN(CC(=O)O)CC4)on3)cc2)CC(C)O1. The van der Waals surface area contributed by atoms with Crippen LogP contribution in [0.5, 0.6) is 0 Å². The summed E-state index contributed by atoms with van der Waals surface area (Å²) in [5, 5.41) is 21.7. The number of morpholine rings is 1. The van der Waals surface area contributed by atoms with E-state index in [2.05, 4.69) is 15.0 Å². The van der Waals surface area contributed by atoms with Gasteiger partial charge in [0.1, 0.15) is 11.5 Å². The zero-order valence-corrected chi connectivity index (χ0v) is 18.7. The molecule has 2 unspecified atom stereocenters. The Bertz CT molecular complexity index is 926. The number of piperazine rings is 1. The van der Waals surface area contributed by atoms with Crippen molar-refractivity contribution in [3.63, 3.8) is 0 Å². The minimum atomic E-state index is -0.784. The smallest absolute Gasteiger partial charge is 0.317 e. The average Bonchev–Trinajstić information content (AvgIpc) is 3.22. The van der Waals surface area contributed by atoms with Crippen molar-refractivity contribution in [2.75, 3.05) is 45.8 Å². The molecule has 2 N–H and O–H groups in total. The Labute approximate surface area is 188 Å².